The fourth-order valence-electron chi connectivity index (χ4n) is 4.87. The number of aromatic hydroxyl groups is 1. The van der Waals surface area contributed by atoms with Crippen LogP contribution in [0.4, 0.5) is 4.39 Å². The number of benzene rings is 2. The number of phenolic OH excluding ortho intramolecular Hbond substituents is 1. The highest BCUT2D eigenvalue weighted by atomic mass is 19.1. The van der Waals surface area contributed by atoms with Gasteiger partial charge in [-0.3, -0.25) is 4.90 Å². The zero-order chi connectivity index (χ0) is 18.1. The number of rotatable bonds is 5. The van der Waals surface area contributed by atoms with Crippen LogP contribution in [-0.4, -0.2) is 34.7 Å². The number of nitrogens with zero attached hydrogens (tertiary/aromatic N) is 1. The van der Waals surface area contributed by atoms with E-state index in [4.69, 9.17) is 0 Å². The molecule has 1 aliphatic carbocycles. The van der Waals surface area contributed by atoms with Gasteiger partial charge < -0.3 is 10.2 Å². The van der Waals surface area contributed by atoms with E-state index in [-0.39, 0.29) is 5.75 Å². The van der Waals surface area contributed by atoms with Crippen LogP contribution in [0.1, 0.15) is 30.1 Å². The molecule has 1 saturated heterocycles. The van der Waals surface area contributed by atoms with Crippen LogP contribution in [0.2, 0.25) is 0 Å². The van der Waals surface area contributed by atoms with E-state index in [2.05, 4.69) is 35.2 Å². The highest BCUT2D eigenvalue weighted by Crippen LogP contribution is 2.43. The summed E-state index contributed by atoms with van der Waals surface area (Å²) < 4.78 is 13.5. The van der Waals surface area contributed by atoms with E-state index in [9.17, 15) is 14.6 Å². The molecule has 0 spiro atoms. The van der Waals surface area contributed by atoms with Crippen LogP contribution in [0.15, 0.2) is 48.5 Å². The van der Waals surface area contributed by atoms with E-state index in [1.807, 2.05) is 0 Å². The topological polar surface area (TPSA) is 43.7 Å². The lowest BCUT2D eigenvalue weighted by atomic mass is 9.96. The number of β-amino-alcohol motifs (C(OH)–C–C–N with tert-alkyl or cyclic N) is 1. The predicted molar refractivity (Wildman–Crippen MR) is 99.3 cm³/mol. The summed E-state index contributed by atoms with van der Waals surface area (Å²) in [6, 6.07) is 14.8. The molecule has 3 atom stereocenters. The molecule has 2 fully saturated rings. The molecule has 4 heteroatoms. The summed E-state index contributed by atoms with van der Waals surface area (Å²) in [5.41, 5.74) is 1.96. The van der Waals surface area contributed by atoms with Gasteiger partial charge in [-0.1, -0.05) is 36.4 Å². The maximum absolute atomic E-state index is 13.5. The van der Waals surface area contributed by atoms with Crippen LogP contribution in [0.3, 0.4) is 0 Å². The molecule has 138 valence electrons. The van der Waals surface area contributed by atoms with Gasteiger partial charge in [0.2, 0.25) is 0 Å². The first-order valence-corrected chi connectivity index (χ1v) is 9.51. The Labute approximate surface area is 154 Å². The van der Waals surface area contributed by atoms with E-state index in [1.165, 1.54) is 37.0 Å². The number of phenols is 1. The summed E-state index contributed by atoms with van der Waals surface area (Å²) >= 11 is 0. The summed E-state index contributed by atoms with van der Waals surface area (Å²) in [4.78, 5) is 2.31. The van der Waals surface area contributed by atoms with Gasteiger partial charge in [0.25, 0.3) is 0 Å². The number of fused-ring (bicyclic) bond motifs is 1. The highest BCUT2D eigenvalue weighted by Gasteiger charge is 2.40. The average molecular weight is 355 g/mol. The lowest BCUT2D eigenvalue weighted by Gasteiger charge is -2.22. The maximum Gasteiger partial charge on any atom is 0.165 e. The third-order valence-electron chi connectivity index (χ3n) is 6.08. The van der Waals surface area contributed by atoms with Crippen molar-refractivity contribution >= 4 is 0 Å². The fourth-order valence-corrected chi connectivity index (χ4v) is 4.87. The van der Waals surface area contributed by atoms with Crippen molar-refractivity contribution in [1.82, 2.24) is 4.90 Å². The normalized spacial score (nSPS) is 24.7. The van der Waals surface area contributed by atoms with Gasteiger partial charge in [-0.05, 0) is 60.3 Å². The zero-order valence-corrected chi connectivity index (χ0v) is 14.9. The molecule has 0 amide bonds. The van der Waals surface area contributed by atoms with Crippen LogP contribution in [0.5, 0.6) is 5.75 Å². The Hall–Kier alpha value is -1.91. The molecule has 4 rings (SSSR count). The number of likely N-dealkylation sites (tertiary alicyclic amines) is 1. The minimum Gasteiger partial charge on any atom is -0.505 e. The van der Waals surface area contributed by atoms with E-state index in [0.717, 1.165) is 19.0 Å². The first-order chi connectivity index (χ1) is 12.6. The first kappa shape index (κ1) is 17.5. The Morgan fingerprint density at radius 1 is 1.04 bits per heavy atom. The van der Waals surface area contributed by atoms with Gasteiger partial charge in [0.05, 0.1) is 6.10 Å². The van der Waals surface area contributed by atoms with E-state index in [0.29, 0.717) is 23.9 Å². The summed E-state index contributed by atoms with van der Waals surface area (Å²) in [5, 5.41) is 19.7. The van der Waals surface area contributed by atoms with Crippen LogP contribution < -0.4 is 0 Å². The highest BCUT2D eigenvalue weighted by molar-refractivity contribution is 5.29. The minimum atomic E-state index is -0.718. The second-order valence-corrected chi connectivity index (χ2v) is 7.99. The van der Waals surface area contributed by atoms with Crippen molar-refractivity contribution in [3.05, 3.63) is 65.5 Å². The van der Waals surface area contributed by atoms with Gasteiger partial charge in [0.1, 0.15) is 0 Å². The summed E-state index contributed by atoms with van der Waals surface area (Å²) in [7, 11) is 0. The molecule has 0 aromatic heterocycles. The fraction of sp³-hybridized carbons (Fsp3) is 0.455. The summed E-state index contributed by atoms with van der Waals surface area (Å²) in [6.45, 7) is 2.57. The number of aliphatic hydroxyl groups is 1. The Bertz CT molecular complexity index is 737. The predicted octanol–water partition coefficient (Wildman–Crippen LogP) is 3.77. The van der Waals surface area contributed by atoms with E-state index in [1.54, 1.807) is 6.07 Å². The van der Waals surface area contributed by atoms with Crippen molar-refractivity contribution in [2.45, 2.75) is 25.4 Å². The molecular weight excluding hydrogens is 329 g/mol. The van der Waals surface area contributed by atoms with Gasteiger partial charge in [0, 0.05) is 19.6 Å². The van der Waals surface area contributed by atoms with Crippen molar-refractivity contribution < 1.29 is 14.6 Å². The molecule has 2 aliphatic rings. The standard InChI is InChI=1S/C22H26FNO2/c23-20-11-17(6-7-21(20)25)22(26)14-24-12-18-9-16(10-19(18)13-24)8-15-4-2-1-3-5-15/h1-7,11,16,18-19,22,25-26H,8-10,12-14H2/t18-,19-,22?/m0/s1. The summed E-state index contributed by atoms with van der Waals surface area (Å²) in [6.07, 6.45) is 2.98. The largest absolute Gasteiger partial charge is 0.505 e. The van der Waals surface area contributed by atoms with Crippen molar-refractivity contribution in [2.75, 3.05) is 19.6 Å². The van der Waals surface area contributed by atoms with Crippen molar-refractivity contribution in [1.29, 1.82) is 0 Å². The Morgan fingerprint density at radius 3 is 2.38 bits per heavy atom. The third kappa shape index (κ3) is 3.76. The SMILES string of the molecule is Oc1ccc(C(O)CN2C[C@@H]3CC(Cc4ccccc4)C[C@H]3C2)cc1F. The number of hydrogen-bond acceptors (Lipinski definition) is 3. The second-order valence-electron chi connectivity index (χ2n) is 7.99. The van der Waals surface area contributed by atoms with Crippen LogP contribution in [0.25, 0.3) is 0 Å². The number of halogens is 1. The lowest BCUT2D eigenvalue weighted by molar-refractivity contribution is 0.120. The quantitative estimate of drug-likeness (QED) is 0.858. The Morgan fingerprint density at radius 2 is 1.73 bits per heavy atom. The van der Waals surface area contributed by atoms with Gasteiger partial charge in [-0.15, -0.1) is 0 Å². The number of hydrogen-bond donors (Lipinski definition) is 2. The van der Waals surface area contributed by atoms with Crippen molar-refractivity contribution in [3.8, 4) is 5.75 Å². The first-order valence-electron chi connectivity index (χ1n) is 9.51. The minimum absolute atomic E-state index is 0.374. The van der Waals surface area contributed by atoms with Gasteiger partial charge in [-0.25, -0.2) is 4.39 Å². The molecule has 3 nitrogen and oxygen atoms in total. The summed E-state index contributed by atoms with van der Waals surface area (Å²) in [5.74, 6) is 1.15. The third-order valence-corrected chi connectivity index (χ3v) is 6.08. The molecule has 2 aromatic carbocycles. The van der Waals surface area contributed by atoms with Gasteiger partial charge in [0.15, 0.2) is 11.6 Å². The molecule has 1 saturated carbocycles. The molecule has 2 aromatic rings. The Balaban J connectivity index is 1.29. The van der Waals surface area contributed by atoms with Crippen molar-refractivity contribution in [2.24, 2.45) is 17.8 Å². The Kier molecular flexibility index (Phi) is 4.96. The average Bonchev–Trinajstić information content (AvgIpc) is 3.16. The van der Waals surface area contributed by atoms with E-state index < -0.39 is 11.9 Å². The molecule has 1 unspecified atom stereocenters. The number of aliphatic hydroxyl groups excluding tert-OH is 1. The second kappa shape index (κ2) is 7.37. The monoisotopic (exact) mass is 355 g/mol. The van der Waals surface area contributed by atoms with E-state index >= 15 is 0 Å². The maximum atomic E-state index is 13.5. The smallest absolute Gasteiger partial charge is 0.165 e. The van der Waals surface area contributed by atoms with Crippen LogP contribution in [-0.2, 0) is 6.42 Å². The van der Waals surface area contributed by atoms with Crippen LogP contribution >= 0.6 is 0 Å². The van der Waals surface area contributed by atoms with Gasteiger partial charge in [-0.2, -0.15) is 0 Å². The molecule has 26 heavy (non-hydrogen) atoms. The van der Waals surface area contributed by atoms with Crippen LogP contribution in [0, 0.1) is 23.6 Å². The lowest BCUT2D eigenvalue weighted by Crippen LogP contribution is -2.28. The molecule has 1 aliphatic heterocycles. The molecular formula is C22H26FNO2. The molecule has 2 N–H and O–H groups in total. The molecule has 0 bridgehead atoms. The van der Waals surface area contributed by atoms with Crippen molar-refractivity contribution in [3.63, 3.8) is 0 Å². The molecule has 1 heterocycles. The molecule has 0 radical (unpaired) electrons. The van der Waals surface area contributed by atoms with Gasteiger partial charge >= 0.3 is 0 Å². The zero-order valence-electron chi connectivity index (χ0n) is 14.9.